The summed E-state index contributed by atoms with van der Waals surface area (Å²) < 4.78 is 0. The van der Waals surface area contributed by atoms with Gasteiger partial charge in [-0.2, -0.15) is 0 Å². The number of likely N-dealkylation sites (tertiary alicyclic amines) is 1. The second-order valence-electron chi connectivity index (χ2n) is 11.8. The maximum Gasteiger partial charge on any atom is 0.222 e. The minimum Gasteiger partial charge on any atom is -0.508 e. The zero-order valence-corrected chi connectivity index (χ0v) is 22.1. The van der Waals surface area contributed by atoms with Crippen LogP contribution >= 0.6 is 0 Å². The van der Waals surface area contributed by atoms with Gasteiger partial charge in [0.05, 0.1) is 0 Å². The van der Waals surface area contributed by atoms with E-state index in [9.17, 15) is 9.90 Å². The molecular formula is C32H44N2O2. The fourth-order valence-corrected chi connectivity index (χ4v) is 6.97. The van der Waals surface area contributed by atoms with Crippen molar-refractivity contribution in [1.82, 2.24) is 9.80 Å². The van der Waals surface area contributed by atoms with E-state index in [1.807, 2.05) is 19.2 Å². The molecule has 4 nitrogen and oxygen atoms in total. The van der Waals surface area contributed by atoms with Crippen molar-refractivity contribution in [2.24, 2.45) is 11.8 Å². The monoisotopic (exact) mass is 488 g/mol. The lowest BCUT2D eigenvalue weighted by molar-refractivity contribution is -0.134. The van der Waals surface area contributed by atoms with E-state index >= 15 is 0 Å². The summed E-state index contributed by atoms with van der Waals surface area (Å²) in [6, 6.07) is 18.9. The molecule has 0 bridgehead atoms. The number of amides is 1. The molecule has 3 aliphatic rings. The number of rotatable bonds is 10. The Morgan fingerprint density at radius 1 is 1.03 bits per heavy atom. The highest BCUT2D eigenvalue weighted by atomic mass is 16.3. The fraction of sp³-hybridized carbons (Fsp3) is 0.594. The molecule has 0 spiro atoms. The molecule has 2 aliphatic carbocycles. The number of phenolic OH excluding ortho intramolecular Hbond substituents is 1. The molecule has 3 fully saturated rings. The molecule has 1 aliphatic heterocycles. The summed E-state index contributed by atoms with van der Waals surface area (Å²) in [6.07, 6.45) is 12.2. The first-order chi connectivity index (χ1) is 17.5. The molecule has 2 saturated carbocycles. The Kier molecular flexibility index (Phi) is 8.00. The quantitative estimate of drug-likeness (QED) is 0.406. The molecule has 1 N–H and O–H groups in total. The Morgan fingerprint density at radius 2 is 1.86 bits per heavy atom. The van der Waals surface area contributed by atoms with E-state index in [-0.39, 0.29) is 11.5 Å². The molecule has 0 radical (unpaired) electrons. The largest absolute Gasteiger partial charge is 0.508 e. The van der Waals surface area contributed by atoms with Crippen molar-refractivity contribution in [3.63, 3.8) is 0 Å². The summed E-state index contributed by atoms with van der Waals surface area (Å²) in [7, 11) is 2.04. The fourth-order valence-electron chi connectivity index (χ4n) is 6.97. The van der Waals surface area contributed by atoms with Crippen molar-refractivity contribution in [3.05, 3.63) is 65.7 Å². The second kappa shape index (κ2) is 11.4. The topological polar surface area (TPSA) is 43.8 Å². The highest BCUT2D eigenvalue weighted by Crippen LogP contribution is 2.51. The smallest absolute Gasteiger partial charge is 0.222 e. The van der Waals surface area contributed by atoms with Crippen molar-refractivity contribution < 1.29 is 9.90 Å². The van der Waals surface area contributed by atoms with Crippen LogP contribution in [0.1, 0.15) is 75.3 Å². The van der Waals surface area contributed by atoms with E-state index < -0.39 is 0 Å². The number of carbonyl (C=O) groups excluding carboxylic acids is 1. The minimum absolute atomic E-state index is 0.0614. The van der Waals surface area contributed by atoms with Crippen LogP contribution in [0, 0.1) is 11.8 Å². The van der Waals surface area contributed by atoms with Gasteiger partial charge < -0.3 is 14.9 Å². The number of unbranched alkanes of at least 4 members (excludes halogenated alkanes) is 2. The van der Waals surface area contributed by atoms with Gasteiger partial charge in [-0.05, 0) is 99.4 Å². The normalized spacial score (nSPS) is 26.4. The number of benzene rings is 2. The number of aryl methyl sites for hydroxylation is 1. The summed E-state index contributed by atoms with van der Waals surface area (Å²) >= 11 is 0. The first-order valence-corrected chi connectivity index (χ1v) is 14.3. The summed E-state index contributed by atoms with van der Waals surface area (Å²) in [4.78, 5) is 18.0. The first-order valence-electron chi connectivity index (χ1n) is 14.3. The molecule has 3 atom stereocenters. The van der Waals surface area contributed by atoms with Crippen LogP contribution < -0.4 is 0 Å². The van der Waals surface area contributed by atoms with Crippen LogP contribution in [-0.4, -0.2) is 53.5 Å². The molecule has 2 aromatic carbocycles. The van der Waals surface area contributed by atoms with Gasteiger partial charge in [0.15, 0.2) is 0 Å². The van der Waals surface area contributed by atoms with Crippen LogP contribution in [0.25, 0.3) is 0 Å². The highest BCUT2D eigenvalue weighted by molar-refractivity contribution is 5.76. The molecule has 1 amide bonds. The van der Waals surface area contributed by atoms with Crippen LogP contribution in [-0.2, 0) is 16.6 Å². The number of carbonyl (C=O) groups is 1. The van der Waals surface area contributed by atoms with Crippen LogP contribution in [0.4, 0.5) is 0 Å². The molecule has 4 heteroatoms. The predicted octanol–water partition coefficient (Wildman–Crippen LogP) is 6.18. The number of hydrogen-bond donors (Lipinski definition) is 1. The van der Waals surface area contributed by atoms with Gasteiger partial charge in [0.2, 0.25) is 5.91 Å². The molecule has 0 aromatic heterocycles. The maximum atomic E-state index is 13.2. The average Bonchev–Trinajstić information content (AvgIpc) is 3.72. The van der Waals surface area contributed by atoms with Gasteiger partial charge in [0.25, 0.3) is 0 Å². The van der Waals surface area contributed by atoms with E-state index in [1.54, 1.807) is 6.07 Å². The van der Waals surface area contributed by atoms with Gasteiger partial charge in [-0.25, -0.2) is 0 Å². The highest BCUT2D eigenvalue weighted by Gasteiger charge is 2.49. The second-order valence-corrected chi connectivity index (χ2v) is 11.8. The van der Waals surface area contributed by atoms with E-state index in [1.165, 1.54) is 30.5 Å². The molecule has 1 heterocycles. The average molecular weight is 489 g/mol. The van der Waals surface area contributed by atoms with Crippen LogP contribution in [0.5, 0.6) is 5.75 Å². The van der Waals surface area contributed by atoms with Crippen molar-refractivity contribution in [2.45, 2.75) is 82.1 Å². The number of fused-ring (bicyclic) bond motifs is 1. The van der Waals surface area contributed by atoms with Gasteiger partial charge in [-0.15, -0.1) is 0 Å². The van der Waals surface area contributed by atoms with Crippen molar-refractivity contribution in [1.29, 1.82) is 0 Å². The number of hydrogen-bond acceptors (Lipinski definition) is 3. The lowest BCUT2D eigenvalue weighted by Gasteiger charge is -2.54. The molecule has 2 aromatic rings. The third-order valence-electron chi connectivity index (χ3n) is 9.36. The van der Waals surface area contributed by atoms with Crippen molar-refractivity contribution in [3.8, 4) is 5.75 Å². The lowest BCUT2D eigenvalue weighted by Crippen LogP contribution is -2.56. The molecule has 36 heavy (non-hydrogen) atoms. The standard InChI is InChI=1S/C32H44N2O2/c1-33(31(36)14-7-3-6-11-25-9-4-2-5-10-25)29-18-17-28-24-34(23-26-15-16-26)20-19-32(28,22-29)27-12-8-13-30(35)21-27/h2,4-5,8-10,12-13,21,26,28-29,35H,3,6-7,11,14-20,22-24H2,1H3/t28-,29-,32+/m0/s1. The van der Waals surface area contributed by atoms with Gasteiger partial charge in [0.1, 0.15) is 5.75 Å². The van der Waals surface area contributed by atoms with Gasteiger partial charge in [-0.3, -0.25) is 4.79 Å². The third-order valence-corrected chi connectivity index (χ3v) is 9.36. The first kappa shape index (κ1) is 25.3. The van der Waals surface area contributed by atoms with E-state index in [4.69, 9.17) is 0 Å². The molecule has 0 unspecified atom stereocenters. The van der Waals surface area contributed by atoms with Gasteiger partial charge in [0, 0.05) is 38.0 Å². The summed E-state index contributed by atoms with van der Waals surface area (Å²) in [6.45, 7) is 3.56. The summed E-state index contributed by atoms with van der Waals surface area (Å²) in [5.74, 6) is 2.19. The number of phenols is 1. The van der Waals surface area contributed by atoms with Crippen LogP contribution in [0.15, 0.2) is 54.6 Å². The van der Waals surface area contributed by atoms with Crippen molar-refractivity contribution in [2.75, 3.05) is 26.7 Å². The zero-order chi connectivity index (χ0) is 25.0. The lowest BCUT2D eigenvalue weighted by atomic mass is 9.57. The van der Waals surface area contributed by atoms with Crippen molar-refractivity contribution >= 4 is 5.91 Å². The Labute approximate surface area is 217 Å². The van der Waals surface area contributed by atoms with E-state index in [0.29, 0.717) is 24.0 Å². The van der Waals surface area contributed by atoms with E-state index in [2.05, 4.69) is 46.2 Å². The Bertz CT molecular complexity index is 1000. The SMILES string of the molecule is CN(C(=O)CCCCCc1ccccc1)[C@H]1CC[C@H]2CN(CC3CC3)CC[C@]2(c2cccc(O)c2)C1. The van der Waals surface area contributed by atoms with Gasteiger partial charge in [-0.1, -0.05) is 48.9 Å². The van der Waals surface area contributed by atoms with Gasteiger partial charge >= 0.3 is 0 Å². The molecule has 1 saturated heterocycles. The number of nitrogens with zero attached hydrogens (tertiary/aromatic N) is 2. The third kappa shape index (κ3) is 5.96. The molecular weight excluding hydrogens is 444 g/mol. The Balaban J connectivity index is 1.19. The van der Waals surface area contributed by atoms with E-state index in [0.717, 1.165) is 70.4 Å². The van der Waals surface area contributed by atoms with Crippen LogP contribution in [0.2, 0.25) is 0 Å². The maximum absolute atomic E-state index is 13.2. The Hall–Kier alpha value is -2.33. The molecule has 194 valence electrons. The number of aromatic hydroxyl groups is 1. The predicted molar refractivity (Wildman–Crippen MR) is 146 cm³/mol. The Morgan fingerprint density at radius 3 is 2.64 bits per heavy atom. The number of piperidine rings is 1. The zero-order valence-electron chi connectivity index (χ0n) is 22.1. The molecule has 5 rings (SSSR count). The minimum atomic E-state index is 0.0614. The summed E-state index contributed by atoms with van der Waals surface area (Å²) in [5, 5.41) is 10.3. The van der Waals surface area contributed by atoms with Crippen LogP contribution in [0.3, 0.4) is 0 Å². The summed E-state index contributed by atoms with van der Waals surface area (Å²) in [5.41, 5.74) is 2.73.